The van der Waals surface area contributed by atoms with Crippen LogP contribution >= 0.6 is 0 Å². The summed E-state index contributed by atoms with van der Waals surface area (Å²) in [4.78, 5) is 18.7. The first-order chi connectivity index (χ1) is 10.2. The average molecular weight is 285 g/mol. The Bertz CT molecular complexity index is 593. The molecule has 1 atom stereocenters. The minimum Gasteiger partial charge on any atom is -0.338 e. The molecule has 1 amide bonds. The molecule has 2 aromatic heterocycles. The largest absolute Gasteiger partial charge is 0.338 e. The van der Waals surface area contributed by atoms with E-state index in [9.17, 15) is 4.79 Å². The molecule has 0 aliphatic carbocycles. The predicted octanol–water partition coefficient (Wildman–Crippen LogP) is 1.22. The lowest BCUT2D eigenvalue weighted by Gasteiger charge is -2.24. The first-order valence-electron chi connectivity index (χ1n) is 7.27. The molecule has 1 saturated heterocycles. The highest BCUT2D eigenvalue weighted by Crippen LogP contribution is 2.20. The van der Waals surface area contributed by atoms with Gasteiger partial charge in [0, 0.05) is 24.6 Å². The highest BCUT2D eigenvalue weighted by atomic mass is 16.2. The quantitative estimate of drug-likeness (QED) is 0.847. The first kappa shape index (κ1) is 13.7. The van der Waals surface area contributed by atoms with Crippen LogP contribution in [0.25, 0.3) is 0 Å². The van der Waals surface area contributed by atoms with E-state index in [0.717, 1.165) is 37.2 Å². The maximum Gasteiger partial charge on any atom is 0.227 e. The molecule has 0 saturated carbocycles. The van der Waals surface area contributed by atoms with Crippen molar-refractivity contribution in [1.82, 2.24) is 24.9 Å². The van der Waals surface area contributed by atoms with Crippen LogP contribution in [0.2, 0.25) is 0 Å². The van der Waals surface area contributed by atoms with Gasteiger partial charge in [0.05, 0.1) is 25.2 Å². The first-order valence-corrected chi connectivity index (χ1v) is 7.27. The summed E-state index contributed by atoms with van der Waals surface area (Å²) in [5, 5.41) is 7.80. The summed E-state index contributed by atoms with van der Waals surface area (Å²) in [5.41, 5.74) is 1.94. The normalized spacial score (nSPS) is 18.1. The Morgan fingerprint density at radius 3 is 3.05 bits per heavy atom. The molecular weight excluding hydrogens is 266 g/mol. The summed E-state index contributed by atoms with van der Waals surface area (Å²) in [5.74, 6) is 0.170. The molecule has 1 aliphatic rings. The molecule has 110 valence electrons. The lowest BCUT2D eigenvalue weighted by Crippen LogP contribution is -2.39. The Morgan fingerprint density at radius 1 is 1.43 bits per heavy atom. The molecule has 6 nitrogen and oxygen atoms in total. The number of rotatable bonds is 4. The number of likely N-dealkylation sites (tertiary alicyclic amines) is 1. The Morgan fingerprint density at radius 2 is 2.33 bits per heavy atom. The third kappa shape index (κ3) is 3.26. The molecular formula is C15H19N5O. The fourth-order valence-electron chi connectivity index (χ4n) is 2.78. The van der Waals surface area contributed by atoms with Gasteiger partial charge in [-0.05, 0) is 31.4 Å². The zero-order valence-corrected chi connectivity index (χ0v) is 12.1. The molecule has 1 aliphatic heterocycles. The van der Waals surface area contributed by atoms with Crippen LogP contribution in [0, 0.1) is 6.92 Å². The second-order valence-electron chi connectivity index (χ2n) is 5.49. The fraction of sp³-hybridized carbons (Fsp3) is 0.467. The van der Waals surface area contributed by atoms with Gasteiger partial charge in [0.2, 0.25) is 5.91 Å². The van der Waals surface area contributed by atoms with Crippen LogP contribution in [0.1, 0.15) is 24.1 Å². The molecule has 2 aromatic rings. The molecule has 0 aromatic carbocycles. The number of aryl methyl sites for hydroxylation is 1. The summed E-state index contributed by atoms with van der Waals surface area (Å²) in [6.45, 7) is 3.50. The third-order valence-electron chi connectivity index (χ3n) is 3.90. The van der Waals surface area contributed by atoms with Crippen molar-refractivity contribution >= 4 is 5.91 Å². The molecule has 1 fully saturated rings. The Balaban J connectivity index is 1.64. The van der Waals surface area contributed by atoms with Crippen molar-refractivity contribution in [3.63, 3.8) is 0 Å². The van der Waals surface area contributed by atoms with E-state index >= 15 is 0 Å². The minimum atomic E-state index is 0.170. The topological polar surface area (TPSA) is 63.9 Å². The van der Waals surface area contributed by atoms with E-state index in [0.29, 0.717) is 6.42 Å². The van der Waals surface area contributed by atoms with Crippen molar-refractivity contribution in [3.05, 3.63) is 42.0 Å². The van der Waals surface area contributed by atoms with Crippen LogP contribution in [0.15, 0.2) is 30.7 Å². The number of nitrogens with zero attached hydrogens (tertiary/aromatic N) is 5. The van der Waals surface area contributed by atoms with Gasteiger partial charge in [-0.15, -0.1) is 5.10 Å². The Labute approximate surface area is 123 Å². The van der Waals surface area contributed by atoms with Crippen LogP contribution in [0.3, 0.4) is 0 Å². The maximum absolute atomic E-state index is 12.5. The van der Waals surface area contributed by atoms with E-state index in [-0.39, 0.29) is 11.9 Å². The molecule has 0 bridgehead atoms. The van der Waals surface area contributed by atoms with Gasteiger partial charge in [-0.2, -0.15) is 0 Å². The minimum absolute atomic E-state index is 0.170. The summed E-state index contributed by atoms with van der Waals surface area (Å²) < 4.78 is 1.80. The van der Waals surface area contributed by atoms with E-state index in [1.807, 2.05) is 30.2 Å². The number of hydrogen-bond donors (Lipinski definition) is 0. The Hall–Kier alpha value is -2.24. The molecule has 0 unspecified atom stereocenters. The molecule has 6 heteroatoms. The molecule has 21 heavy (non-hydrogen) atoms. The van der Waals surface area contributed by atoms with Crippen molar-refractivity contribution < 1.29 is 4.79 Å². The summed E-state index contributed by atoms with van der Waals surface area (Å²) in [7, 11) is 0. The predicted molar refractivity (Wildman–Crippen MR) is 77.4 cm³/mol. The van der Waals surface area contributed by atoms with Gasteiger partial charge in [0.25, 0.3) is 0 Å². The summed E-state index contributed by atoms with van der Waals surface area (Å²) in [6.07, 6.45) is 7.79. The van der Waals surface area contributed by atoms with Gasteiger partial charge in [-0.25, -0.2) is 0 Å². The van der Waals surface area contributed by atoms with E-state index in [1.54, 1.807) is 17.1 Å². The summed E-state index contributed by atoms with van der Waals surface area (Å²) in [6, 6.07) is 4.14. The smallest absolute Gasteiger partial charge is 0.227 e. The zero-order chi connectivity index (χ0) is 14.7. The van der Waals surface area contributed by atoms with Crippen LogP contribution in [-0.2, 0) is 17.8 Å². The van der Waals surface area contributed by atoms with Crippen LogP contribution < -0.4 is 0 Å². The number of carbonyl (C=O) groups excluding carboxylic acids is 1. The Kier molecular flexibility index (Phi) is 3.94. The van der Waals surface area contributed by atoms with Crippen molar-refractivity contribution in [1.29, 1.82) is 0 Å². The van der Waals surface area contributed by atoms with Crippen molar-refractivity contribution in [2.24, 2.45) is 0 Å². The molecule has 0 spiro atoms. The van der Waals surface area contributed by atoms with Crippen molar-refractivity contribution in [2.75, 3.05) is 6.54 Å². The van der Waals surface area contributed by atoms with E-state index in [1.165, 1.54) is 0 Å². The zero-order valence-electron chi connectivity index (χ0n) is 12.1. The van der Waals surface area contributed by atoms with Gasteiger partial charge in [0.1, 0.15) is 0 Å². The van der Waals surface area contributed by atoms with E-state index in [2.05, 4.69) is 15.3 Å². The highest BCUT2D eigenvalue weighted by molar-refractivity contribution is 5.79. The second kappa shape index (κ2) is 6.03. The highest BCUT2D eigenvalue weighted by Gasteiger charge is 2.29. The van der Waals surface area contributed by atoms with Crippen LogP contribution in [-0.4, -0.2) is 43.4 Å². The monoisotopic (exact) mass is 285 g/mol. The van der Waals surface area contributed by atoms with Gasteiger partial charge in [0.15, 0.2) is 0 Å². The van der Waals surface area contributed by atoms with E-state index < -0.39 is 0 Å². The number of hydrogen-bond acceptors (Lipinski definition) is 4. The third-order valence-corrected chi connectivity index (χ3v) is 3.90. The standard InChI is InChI=1S/C15H19N5O/c1-12-4-5-13(10-16-12)9-15(21)20-7-2-3-14(20)11-19-8-6-17-18-19/h4-6,8,10,14H,2-3,7,9,11H2,1H3/t14-/m0/s1. The second-order valence-corrected chi connectivity index (χ2v) is 5.49. The number of amides is 1. The maximum atomic E-state index is 12.5. The molecule has 3 heterocycles. The van der Waals surface area contributed by atoms with Gasteiger partial charge < -0.3 is 4.90 Å². The molecule has 0 N–H and O–H groups in total. The van der Waals surface area contributed by atoms with Gasteiger partial charge >= 0.3 is 0 Å². The number of aromatic nitrogens is 4. The lowest BCUT2D eigenvalue weighted by molar-refractivity contribution is -0.131. The number of pyridine rings is 1. The number of carbonyl (C=O) groups is 1. The van der Waals surface area contributed by atoms with Crippen LogP contribution in [0.4, 0.5) is 0 Å². The van der Waals surface area contributed by atoms with Crippen LogP contribution in [0.5, 0.6) is 0 Å². The van der Waals surface area contributed by atoms with Crippen molar-refractivity contribution in [2.45, 2.75) is 38.8 Å². The van der Waals surface area contributed by atoms with Gasteiger partial charge in [-0.1, -0.05) is 11.3 Å². The van der Waals surface area contributed by atoms with E-state index in [4.69, 9.17) is 0 Å². The molecule has 0 radical (unpaired) electrons. The summed E-state index contributed by atoms with van der Waals surface area (Å²) >= 11 is 0. The van der Waals surface area contributed by atoms with Gasteiger partial charge in [-0.3, -0.25) is 14.5 Å². The fourth-order valence-corrected chi connectivity index (χ4v) is 2.78. The lowest BCUT2D eigenvalue weighted by atomic mass is 10.1. The average Bonchev–Trinajstić information content (AvgIpc) is 3.13. The molecule has 3 rings (SSSR count). The van der Waals surface area contributed by atoms with Crippen molar-refractivity contribution in [3.8, 4) is 0 Å². The SMILES string of the molecule is Cc1ccc(CC(=O)N2CCC[C@H]2Cn2ccnn2)cn1.